The van der Waals surface area contributed by atoms with Crippen LogP contribution >= 0.6 is 0 Å². The largest absolute Gasteiger partial charge is 0.331 e. The molecule has 3 aromatic carbocycles. The number of hydrogen-bond acceptors (Lipinski definition) is 3. The van der Waals surface area contributed by atoms with E-state index in [1.165, 1.54) is 0 Å². The zero-order valence-corrected chi connectivity index (χ0v) is 20.8. The van der Waals surface area contributed by atoms with Crippen LogP contribution in [0.2, 0.25) is 0 Å². The van der Waals surface area contributed by atoms with Gasteiger partial charge in [0.2, 0.25) is 0 Å². The number of ketones is 1. The first kappa shape index (κ1) is 23.6. The van der Waals surface area contributed by atoms with Crippen molar-refractivity contribution < 1.29 is 14.3 Å². The monoisotopic (exact) mass is 486 g/mol. The third-order valence-corrected chi connectivity index (χ3v) is 7.60. The highest BCUT2D eigenvalue weighted by molar-refractivity contribution is 5.88. The van der Waals surface area contributed by atoms with E-state index in [-0.39, 0.29) is 5.78 Å². The van der Waals surface area contributed by atoms with Gasteiger partial charge in [0.15, 0.2) is 17.7 Å². The summed E-state index contributed by atoms with van der Waals surface area (Å²) < 4.78 is 13.7. The summed E-state index contributed by atoms with van der Waals surface area (Å²) in [4.78, 5) is 13.4. The van der Waals surface area contributed by atoms with Crippen LogP contribution in [0.25, 0.3) is 12.2 Å². The molecule has 0 amide bonds. The molecule has 3 fully saturated rings. The van der Waals surface area contributed by atoms with Crippen LogP contribution in [0.15, 0.2) is 126 Å². The topological polar surface area (TPSA) is 35.5 Å². The second-order valence-electron chi connectivity index (χ2n) is 9.84. The lowest BCUT2D eigenvalue weighted by Gasteiger charge is -2.31. The van der Waals surface area contributed by atoms with Crippen LogP contribution in [-0.2, 0) is 20.1 Å². The normalized spacial score (nSPS) is 29.4. The number of rotatable bonds is 5. The van der Waals surface area contributed by atoms with Gasteiger partial charge in [-0.1, -0.05) is 127 Å². The van der Waals surface area contributed by atoms with Crippen molar-refractivity contribution >= 4 is 17.9 Å². The van der Waals surface area contributed by atoms with Crippen molar-refractivity contribution in [3.63, 3.8) is 0 Å². The van der Waals surface area contributed by atoms with Crippen molar-refractivity contribution in [1.29, 1.82) is 0 Å². The molecule has 3 aliphatic rings. The number of Topliss-reactive ketones (excluding diaryl/α,β-unsaturated/α-hetero) is 1. The van der Waals surface area contributed by atoms with E-state index in [0.717, 1.165) is 40.7 Å². The maximum absolute atomic E-state index is 13.4. The third kappa shape index (κ3) is 4.35. The van der Waals surface area contributed by atoms with E-state index in [1.807, 2.05) is 66.7 Å². The van der Waals surface area contributed by atoms with Gasteiger partial charge in [-0.05, 0) is 35.1 Å². The molecule has 2 heterocycles. The summed E-state index contributed by atoms with van der Waals surface area (Å²) in [5, 5.41) is 0. The molecular weight excluding hydrogens is 456 g/mol. The maximum Gasteiger partial charge on any atom is 0.197 e. The lowest BCUT2D eigenvalue weighted by molar-refractivity contribution is -0.205. The Balaban J connectivity index is 1.43. The van der Waals surface area contributed by atoms with Gasteiger partial charge in [0.25, 0.3) is 0 Å². The molecule has 2 bridgehead atoms. The standard InChI is InChI=1S/C34H30O3/c35-31-24-25-33(28-18-8-3-9-19-28)36-32(31)34(37-33)29(20-10-16-26-12-4-1-5-13-26)22-23-30(34)21-11-17-27-14-6-2-7-15-27/h1-21,32H,22-25H2/b16-10+,17-11+,29-20+,30-21+/t32-,33+/m0/s1. The van der Waals surface area contributed by atoms with E-state index in [4.69, 9.17) is 9.47 Å². The summed E-state index contributed by atoms with van der Waals surface area (Å²) in [7, 11) is 0. The van der Waals surface area contributed by atoms with Gasteiger partial charge in [0, 0.05) is 18.4 Å². The molecule has 2 atom stereocenters. The fourth-order valence-corrected chi connectivity index (χ4v) is 5.80. The molecule has 1 spiro atoms. The molecule has 2 saturated heterocycles. The summed E-state index contributed by atoms with van der Waals surface area (Å²) in [5.74, 6) is -0.809. The van der Waals surface area contributed by atoms with Crippen LogP contribution in [0.3, 0.4) is 0 Å². The zero-order valence-electron chi connectivity index (χ0n) is 20.8. The van der Waals surface area contributed by atoms with Crippen molar-refractivity contribution in [2.24, 2.45) is 0 Å². The van der Waals surface area contributed by atoms with Gasteiger partial charge >= 0.3 is 0 Å². The molecule has 6 rings (SSSR count). The summed E-state index contributed by atoms with van der Waals surface area (Å²) in [5.41, 5.74) is 4.52. The summed E-state index contributed by atoms with van der Waals surface area (Å²) >= 11 is 0. The molecule has 0 radical (unpaired) electrons. The molecule has 0 unspecified atom stereocenters. The predicted molar refractivity (Wildman–Crippen MR) is 147 cm³/mol. The van der Waals surface area contributed by atoms with E-state index in [2.05, 4.69) is 60.7 Å². The Morgan fingerprint density at radius 2 is 1.19 bits per heavy atom. The number of allylic oxidation sites excluding steroid dienone is 4. The Bertz CT molecular complexity index is 1320. The maximum atomic E-state index is 13.4. The minimum absolute atomic E-state index is 0.113. The van der Waals surface area contributed by atoms with Crippen LogP contribution in [-0.4, -0.2) is 17.5 Å². The van der Waals surface area contributed by atoms with Crippen LogP contribution in [0.1, 0.15) is 42.4 Å². The number of fused-ring (bicyclic) bond motifs is 3. The quantitative estimate of drug-likeness (QED) is 0.376. The van der Waals surface area contributed by atoms with Crippen LogP contribution in [0.4, 0.5) is 0 Å². The average Bonchev–Trinajstić information content (AvgIpc) is 3.44. The third-order valence-electron chi connectivity index (χ3n) is 7.60. The van der Waals surface area contributed by atoms with Crippen molar-refractivity contribution in [2.75, 3.05) is 0 Å². The zero-order chi connectivity index (χ0) is 25.1. The van der Waals surface area contributed by atoms with Crippen molar-refractivity contribution in [2.45, 2.75) is 43.2 Å². The van der Waals surface area contributed by atoms with E-state index in [9.17, 15) is 4.79 Å². The van der Waals surface area contributed by atoms with E-state index < -0.39 is 17.5 Å². The minimum atomic E-state index is -0.922. The number of carbonyl (C=O) groups excluding carboxylic acids is 1. The highest BCUT2D eigenvalue weighted by Gasteiger charge is 2.66. The van der Waals surface area contributed by atoms with Gasteiger partial charge in [0.1, 0.15) is 5.60 Å². The van der Waals surface area contributed by atoms with Crippen molar-refractivity contribution in [3.05, 3.63) is 143 Å². The van der Waals surface area contributed by atoms with Gasteiger partial charge in [0.05, 0.1) is 0 Å². The van der Waals surface area contributed by atoms with E-state index >= 15 is 0 Å². The van der Waals surface area contributed by atoms with E-state index in [1.54, 1.807) is 0 Å². The molecular formula is C34H30O3. The van der Waals surface area contributed by atoms with Crippen molar-refractivity contribution in [3.8, 4) is 0 Å². The lowest BCUT2D eigenvalue weighted by Crippen LogP contribution is -2.45. The number of carbonyl (C=O) groups is 1. The minimum Gasteiger partial charge on any atom is -0.331 e. The fraction of sp³-hybridized carbons (Fsp3) is 0.206. The number of ether oxygens (including phenoxy) is 2. The first-order valence-corrected chi connectivity index (χ1v) is 13.0. The Hall–Kier alpha value is -3.79. The van der Waals surface area contributed by atoms with Gasteiger partial charge < -0.3 is 9.47 Å². The van der Waals surface area contributed by atoms with Crippen LogP contribution in [0, 0.1) is 0 Å². The molecule has 0 aromatic heterocycles. The summed E-state index contributed by atoms with van der Waals surface area (Å²) in [6.45, 7) is 0. The average molecular weight is 487 g/mol. The van der Waals surface area contributed by atoms with E-state index in [0.29, 0.717) is 12.8 Å². The smallest absolute Gasteiger partial charge is 0.197 e. The van der Waals surface area contributed by atoms with Gasteiger partial charge in [-0.2, -0.15) is 0 Å². The van der Waals surface area contributed by atoms with Crippen LogP contribution in [0.5, 0.6) is 0 Å². The molecule has 37 heavy (non-hydrogen) atoms. The van der Waals surface area contributed by atoms with Gasteiger partial charge in [-0.25, -0.2) is 0 Å². The first-order chi connectivity index (χ1) is 18.2. The highest BCUT2D eigenvalue weighted by Crippen LogP contribution is 2.59. The molecule has 1 aliphatic carbocycles. The Morgan fingerprint density at radius 3 is 1.73 bits per heavy atom. The molecule has 184 valence electrons. The molecule has 2 aliphatic heterocycles. The summed E-state index contributed by atoms with van der Waals surface area (Å²) in [6, 6.07) is 30.5. The Labute approximate surface area is 218 Å². The second kappa shape index (κ2) is 9.93. The molecule has 1 saturated carbocycles. The molecule has 3 heteroatoms. The summed E-state index contributed by atoms with van der Waals surface area (Å²) in [6.07, 6.45) is 14.5. The first-order valence-electron chi connectivity index (χ1n) is 13.0. The number of benzene rings is 3. The van der Waals surface area contributed by atoms with Gasteiger partial charge in [-0.15, -0.1) is 0 Å². The fourth-order valence-electron chi connectivity index (χ4n) is 5.80. The number of hydrogen-bond donors (Lipinski definition) is 0. The predicted octanol–water partition coefficient (Wildman–Crippen LogP) is 7.43. The molecule has 3 aromatic rings. The van der Waals surface area contributed by atoms with Crippen molar-refractivity contribution in [1.82, 2.24) is 0 Å². The Kier molecular flexibility index (Phi) is 6.33. The molecule has 3 nitrogen and oxygen atoms in total. The highest BCUT2D eigenvalue weighted by atomic mass is 16.8. The Morgan fingerprint density at radius 1 is 0.676 bits per heavy atom. The lowest BCUT2D eigenvalue weighted by atomic mass is 9.83. The molecule has 0 N–H and O–H groups in total. The SMILES string of the molecule is O=C1CC[C@@]2(c3ccccc3)O[C@@H]1C1(O2)/C(=C/C=C/c2ccccc2)CC/C1=C\C=C\c1ccccc1. The van der Waals surface area contributed by atoms with Crippen LogP contribution < -0.4 is 0 Å². The van der Waals surface area contributed by atoms with Gasteiger partial charge in [-0.3, -0.25) is 4.79 Å². The second-order valence-corrected chi connectivity index (χ2v) is 9.84.